The van der Waals surface area contributed by atoms with Gasteiger partial charge in [0.1, 0.15) is 5.60 Å². The molecule has 0 unspecified atom stereocenters. The van der Waals surface area contributed by atoms with Crippen LogP contribution < -0.4 is 0 Å². The van der Waals surface area contributed by atoms with Crippen molar-refractivity contribution in [1.82, 2.24) is 5.06 Å². The number of benzene rings is 1. The Morgan fingerprint density at radius 2 is 2.20 bits per heavy atom. The lowest BCUT2D eigenvalue weighted by molar-refractivity contribution is -0.176. The van der Waals surface area contributed by atoms with Crippen LogP contribution in [-0.4, -0.2) is 35.2 Å². The second kappa shape index (κ2) is 3.97. The Hall–Kier alpha value is -1.10. The van der Waals surface area contributed by atoms with Crippen molar-refractivity contribution in [2.75, 3.05) is 13.7 Å². The summed E-state index contributed by atoms with van der Waals surface area (Å²) in [6.45, 7) is 0.759. The third kappa shape index (κ3) is 1.37. The number of halogens is 1. The molecule has 2 aliphatic heterocycles. The number of carbonyl (C=O) groups excluding carboxylic acids is 1. The van der Waals surface area contributed by atoms with E-state index in [0.717, 1.165) is 31.4 Å². The summed E-state index contributed by atoms with van der Waals surface area (Å²) in [7, 11) is 1.39. The number of methoxy groups -OCH3 is 1. The molecule has 0 amide bonds. The molecule has 2 atom stereocenters. The van der Waals surface area contributed by atoms with E-state index in [9.17, 15) is 4.79 Å². The van der Waals surface area contributed by atoms with Gasteiger partial charge in [0.05, 0.1) is 13.2 Å². The van der Waals surface area contributed by atoms with Crippen molar-refractivity contribution in [3.63, 3.8) is 0 Å². The van der Waals surface area contributed by atoms with E-state index in [2.05, 4.69) is 6.07 Å². The van der Waals surface area contributed by atoms with Gasteiger partial charge in [0.25, 0.3) is 0 Å². The summed E-state index contributed by atoms with van der Waals surface area (Å²) >= 11 is 6.84. The summed E-state index contributed by atoms with van der Waals surface area (Å²) in [5.41, 5.74) is 1.75. The molecule has 1 aromatic rings. The lowest BCUT2D eigenvalue weighted by Gasteiger charge is -2.35. The van der Waals surface area contributed by atoms with Crippen LogP contribution in [0, 0.1) is 0 Å². The SMILES string of the molecule is COC(=O)[C@]1(Cl)[C@H]2c3ccccc3CCN2OC12CC2. The fraction of sp³-hybridized carbons (Fsp3) is 0.533. The predicted molar refractivity (Wildman–Crippen MR) is 73.2 cm³/mol. The minimum Gasteiger partial charge on any atom is -0.468 e. The molecule has 4 rings (SSSR count). The molecular formula is C15H16ClNO3. The number of carbonyl (C=O) groups is 1. The molecule has 4 nitrogen and oxygen atoms in total. The van der Waals surface area contributed by atoms with Crippen LogP contribution in [-0.2, 0) is 20.8 Å². The summed E-state index contributed by atoms with van der Waals surface area (Å²) in [5.74, 6) is -0.388. The number of nitrogens with zero attached hydrogens (tertiary/aromatic N) is 1. The van der Waals surface area contributed by atoms with E-state index >= 15 is 0 Å². The molecule has 20 heavy (non-hydrogen) atoms. The Kier molecular flexibility index (Phi) is 2.50. The van der Waals surface area contributed by atoms with Gasteiger partial charge in [-0.05, 0) is 30.4 Å². The minimum absolute atomic E-state index is 0.260. The summed E-state index contributed by atoms with van der Waals surface area (Å²) in [4.78, 5) is 17.3. The van der Waals surface area contributed by atoms with Crippen molar-refractivity contribution in [1.29, 1.82) is 0 Å². The van der Waals surface area contributed by atoms with Crippen molar-refractivity contribution in [3.8, 4) is 0 Å². The second-order valence-corrected chi connectivity index (χ2v) is 6.38. The topological polar surface area (TPSA) is 38.8 Å². The van der Waals surface area contributed by atoms with Gasteiger partial charge in [-0.15, -0.1) is 11.6 Å². The first-order chi connectivity index (χ1) is 9.62. The van der Waals surface area contributed by atoms with Gasteiger partial charge in [0.2, 0.25) is 0 Å². The Morgan fingerprint density at radius 3 is 2.90 bits per heavy atom. The van der Waals surface area contributed by atoms with E-state index < -0.39 is 10.5 Å². The van der Waals surface area contributed by atoms with Gasteiger partial charge in [0, 0.05) is 6.54 Å². The zero-order valence-electron chi connectivity index (χ0n) is 11.3. The average molecular weight is 294 g/mol. The Balaban J connectivity index is 1.88. The van der Waals surface area contributed by atoms with Crippen molar-refractivity contribution >= 4 is 17.6 Å². The first-order valence-electron chi connectivity index (χ1n) is 6.93. The van der Waals surface area contributed by atoms with E-state index in [4.69, 9.17) is 21.2 Å². The largest absolute Gasteiger partial charge is 0.468 e. The molecule has 5 heteroatoms. The molecule has 0 aromatic heterocycles. The molecular weight excluding hydrogens is 278 g/mol. The summed E-state index contributed by atoms with van der Waals surface area (Å²) in [6.07, 6.45) is 2.53. The molecule has 2 heterocycles. The Labute approximate surface area is 122 Å². The first-order valence-corrected chi connectivity index (χ1v) is 7.31. The maximum absolute atomic E-state index is 12.4. The average Bonchev–Trinajstić information content (AvgIpc) is 3.21. The van der Waals surface area contributed by atoms with Crippen LogP contribution in [0.1, 0.15) is 30.0 Å². The molecule has 1 saturated heterocycles. The molecule has 0 radical (unpaired) electrons. The third-order valence-corrected chi connectivity index (χ3v) is 5.46. The molecule has 2 fully saturated rings. The highest BCUT2D eigenvalue weighted by molar-refractivity contribution is 6.36. The van der Waals surface area contributed by atoms with Crippen molar-refractivity contribution in [3.05, 3.63) is 35.4 Å². The molecule has 0 N–H and O–H groups in total. The smallest absolute Gasteiger partial charge is 0.332 e. The Morgan fingerprint density at radius 1 is 1.45 bits per heavy atom. The zero-order chi connectivity index (χ0) is 14.0. The van der Waals surface area contributed by atoms with Crippen LogP contribution in [0.3, 0.4) is 0 Å². The van der Waals surface area contributed by atoms with E-state index in [1.54, 1.807) is 0 Å². The van der Waals surface area contributed by atoms with Crippen molar-refractivity contribution < 1.29 is 14.4 Å². The van der Waals surface area contributed by atoms with Crippen LogP contribution in [0.4, 0.5) is 0 Å². The first kappa shape index (κ1) is 12.6. The summed E-state index contributed by atoms with van der Waals surface area (Å²) < 4.78 is 5.00. The molecule has 3 aliphatic rings. The summed E-state index contributed by atoms with van der Waals surface area (Å²) in [5, 5.41) is 1.89. The lowest BCUT2D eigenvalue weighted by Crippen LogP contribution is -2.49. The number of alkyl halides is 1. The summed E-state index contributed by atoms with van der Waals surface area (Å²) in [6, 6.07) is 7.87. The quantitative estimate of drug-likeness (QED) is 0.588. The monoisotopic (exact) mass is 293 g/mol. The molecule has 1 aromatic carbocycles. The molecule has 0 bridgehead atoms. The highest BCUT2D eigenvalue weighted by Crippen LogP contribution is 2.64. The predicted octanol–water partition coefficient (Wildman–Crippen LogP) is 2.21. The van der Waals surface area contributed by atoms with Crippen LogP contribution >= 0.6 is 11.6 Å². The number of esters is 1. The van der Waals surface area contributed by atoms with Gasteiger partial charge in [-0.1, -0.05) is 24.3 Å². The Bertz CT molecular complexity index is 586. The maximum Gasteiger partial charge on any atom is 0.332 e. The fourth-order valence-electron chi connectivity index (χ4n) is 3.61. The normalized spacial score (nSPS) is 33.6. The van der Waals surface area contributed by atoms with Crippen LogP contribution in [0.15, 0.2) is 24.3 Å². The highest BCUT2D eigenvalue weighted by Gasteiger charge is 2.75. The third-order valence-electron chi connectivity index (χ3n) is 4.76. The van der Waals surface area contributed by atoms with Gasteiger partial charge in [-0.2, -0.15) is 5.06 Å². The molecule has 106 valence electrons. The minimum atomic E-state index is -1.14. The fourth-order valence-corrected chi connectivity index (χ4v) is 4.14. The van der Waals surface area contributed by atoms with Crippen molar-refractivity contribution in [2.24, 2.45) is 0 Å². The second-order valence-electron chi connectivity index (χ2n) is 5.78. The maximum atomic E-state index is 12.4. The van der Waals surface area contributed by atoms with Gasteiger partial charge in [0.15, 0.2) is 4.87 Å². The van der Waals surface area contributed by atoms with E-state index in [-0.39, 0.29) is 12.0 Å². The zero-order valence-corrected chi connectivity index (χ0v) is 12.0. The van der Waals surface area contributed by atoms with Gasteiger partial charge < -0.3 is 4.74 Å². The van der Waals surface area contributed by atoms with E-state index in [1.165, 1.54) is 12.7 Å². The van der Waals surface area contributed by atoms with Gasteiger partial charge >= 0.3 is 5.97 Å². The number of ether oxygens (including phenoxy) is 1. The van der Waals surface area contributed by atoms with Crippen LogP contribution in [0.2, 0.25) is 0 Å². The van der Waals surface area contributed by atoms with E-state index in [0.29, 0.717) is 0 Å². The number of hydrogen-bond donors (Lipinski definition) is 0. The molecule has 1 saturated carbocycles. The van der Waals surface area contributed by atoms with Crippen LogP contribution in [0.5, 0.6) is 0 Å². The van der Waals surface area contributed by atoms with Gasteiger partial charge in [-0.25, -0.2) is 4.79 Å². The molecule has 1 spiro atoms. The van der Waals surface area contributed by atoms with Crippen LogP contribution in [0.25, 0.3) is 0 Å². The van der Waals surface area contributed by atoms with Crippen molar-refractivity contribution in [2.45, 2.75) is 35.8 Å². The van der Waals surface area contributed by atoms with Gasteiger partial charge in [-0.3, -0.25) is 4.84 Å². The number of rotatable bonds is 1. The lowest BCUT2D eigenvalue weighted by atomic mass is 9.82. The number of fused-ring (bicyclic) bond motifs is 3. The molecule has 1 aliphatic carbocycles. The highest BCUT2D eigenvalue weighted by atomic mass is 35.5. The van der Waals surface area contributed by atoms with E-state index in [1.807, 2.05) is 23.3 Å². The number of hydroxylamine groups is 2. The standard InChI is InChI=1S/C15H16ClNO3/c1-19-13(18)15(16)12-11-5-3-2-4-10(11)6-9-17(12)20-14(15)7-8-14/h2-5,12H,6-9H2,1H3/t12-,15-/m1/s1. The number of hydrogen-bond acceptors (Lipinski definition) is 4.